The Balaban J connectivity index is 1.51. The minimum atomic E-state index is 0.0315. The Morgan fingerprint density at radius 3 is 2.15 bits per heavy atom. The monoisotopic (exact) mass is 364 g/mol. The number of carbonyl (C=O) groups excluding carboxylic acids is 2. The van der Waals surface area contributed by atoms with Gasteiger partial charge in [0.05, 0.1) is 11.1 Å². The number of fused-ring (bicyclic) bond motifs is 1. The highest BCUT2D eigenvalue weighted by atomic mass is 16.2. The smallest absolute Gasteiger partial charge is 0.256 e. The summed E-state index contributed by atoms with van der Waals surface area (Å²) in [6.07, 6.45) is 3.70. The van der Waals surface area contributed by atoms with Crippen LogP contribution in [-0.2, 0) is 14.1 Å². The van der Waals surface area contributed by atoms with Crippen molar-refractivity contribution in [3.05, 3.63) is 59.5 Å². The van der Waals surface area contributed by atoms with Gasteiger partial charge in [0.2, 0.25) is 0 Å². The zero-order chi connectivity index (χ0) is 19.1. The molecule has 1 aliphatic rings. The Labute approximate surface area is 158 Å². The third-order valence-electron chi connectivity index (χ3n) is 5.55. The van der Waals surface area contributed by atoms with E-state index in [0.717, 1.165) is 22.2 Å². The number of aryl methyl sites for hydroxylation is 2. The minimum Gasteiger partial charge on any atom is -0.356 e. The lowest BCUT2D eigenvalue weighted by molar-refractivity contribution is 0.0536. The van der Waals surface area contributed by atoms with Gasteiger partial charge < -0.3 is 18.9 Å². The van der Waals surface area contributed by atoms with Crippen LogP contribution in [0, 0.1) is 6.92 Å². The zero-order valence-electron chi connectivity index (χ0n) is 16.0. The van der Waals surface area contributed by atoms with Gasteiger partial charge in [-0.25, -0.2) is 0 Å². The average Bonchev–Trinajstić information content (AvgIpc) is 3.23. The van der Waals surface area contributed by atoms with Crippen LogP contribution in [0.5, 0.6) is 0 Å². The first-order valence-electron chi connectivity index (χ1n) is 9.22. The van der Waals surface area contributed by atoms with Crippen molar-refractivity contribution in [1.82, 2.24) is 18.9 Å². The molecule has 2 aromatic heterocycles. The van der Waals surface area contributed by atoms with E-state index in [4.69, 9.17) is 0 Å². The lowest BCUT2D eigenvalue weighted by Gasteiger charge is -2.34. The van der Waals surface area contributed by atoms with Crippen LogP contribution in [0.2, 0.25) is 0 Å². The summed E-state index contributed by atoms with van der Waals surface area (Å²) in [6.45, 7) is 4.22. The fourth-order valence-electron chi connectivity index (χ4n) is 3.87. The summed E-state index contributed by atoms with van der Waals surface area (Å²) in [5, 5.41) is 0.991. The first-order chi connectivity index (χ1) is 13.0. The normalized spacial score (nSPS) is 14.8. The molecule has 3 aromatic rings. The van der Waals surface area contributed by atoms with E-state index in [1.54, 1.807) is 0 Å². The van der Waals surface area contributed by atoms with Gasteiger partial charge >= 0.3 is 0 Å². The summed E-state index contributed by atoms with van der Waals surface area (Å²) < 4.78 is 3.94. The van der Waals surface area contributed by atoms with Gasteiger partial charge in [-0.2, -0.15) is 0 Å². The van der Waals surface area contributed by atoms with Crippen molar-refractivity contribution in [2.45, 2.75) is 6.92 Å². The molecule has 0 unspecified atom stereocenters. The quantitative estimate of drug-likeness (QED) is 0.701. The maximum Gasteiger partial charge on any atom is 0.256 e. The van der Waals surface area contributed by atoms with Crippen LogP contribution in [-0.4, -0.2) is 56.9 Å². The van der Waals surface area contributed by atoms with Crippen LogP contribution >= 0.6 is 0 Å². The minimum absolute atomic E-state index is 0.0315. The van der Waals surface area contributed by atoms with E-state index in [0.29, 0.717) is 31.7 Å². The fourth-order valence-corrected chi connectivity index (χ4v) is 3.87. The lowest BCUT2D eigenvalue weighted by Crippen LogP contribution is -2.50. The summed E-state index contributed by atoms with van der Waals surface area (Å²) in [5.41, 5.74) is 3.51. The number of benzene rings is 1. The molecule has 3 heterocycles. The second-order valence-corrected chi connectivity index (χ2v) is 7.19. The molecular formula is C21H24N4O2. The Kier molecular flexibility index (Phi) is 4.26. The largest absolute Gasteiger partial charge is 0.356 e. The number of piperazine rings is 1. The number of nitrogens with zero attached hydrogens (tertiary/aromatic N) is 4. The van der Waals surface area contributed by atoms with Crippen molar-refractivity contribution in [1.29, 1.82) is 0 Å². The number of para-hydroxylation sites is 1. The third-order valence-corrected chi connectivity index (χ3v) is 5.55. The van der Waals surface area contributed by atoms with Crippen molar-refractivity contribution in [3.8, 4) is 0 Å². The number of hydrogen-bond acceptors (Lipinski definition) is 2. The van der Waals surface area contributed by atoms with Crippen molar-refractivity contribution in [3.63, 3.8) is 0 Å². The standard InChI is InChI=1S/C21H24N4O2/c1-15-19(17-6-4-5-7-18(17)23(15)3)21(27)25-12-10-24(11-13-25)20(26)16-8-9-22(2)14-16/h4-9,14H,10-13H2,1-3H3. The molecule has 0 radical (unpaired) electrons. The van der Waals surface area contributed by atoms with Gasteiger partial charge in [0, 0.05) is 69.3 Å². The maximum absolute atomic E-state index is 13.2. The molecule has 1 fully saturated rings. The highest BCUT2D eigenvalue weighted by Gasteiger charge is 2.28. The molecule has 1 aromatic carbocycles. The predicted octanol–water partition coefficient (Wildman–Crippen LogP) is 2.42. The van der Waals surface area contributed by atoms with Crippen molar-refractivity contribution in [2.24, 2.45) is 14.1 Å². The van der Waals surface area contributed by atoms with Gasteiger partial charge in [-0.3, -0.25) is 9.59 Å². The Morgan fingerprint density at radius 2 is 1.52 bits per heavy atom. The van der Waals surface area contributed by atoms with Gasteiger partial charge in [-0.15, -0.1) is 0 Å². The number of amides is 2. The molecular weight excluding hydrogens is 340 g/mol. The van der Waals surface area contributed by atoms with E-state index >= 15 is 0 Å². The zero-order valence-corrected chi connectivity index (χ0v) is 16.0. The number of hydrogen-bond donors (Lipinski definition) is 0. The summed E-state index contributed by atoms with van der Waals surface area (Å²) in [6, 6.07) is 9.83. The SMILES string of the molecule is Cc1c(C(=O)N2CCN(C(=O)c3ccn(C)c3)CC2)c2ccccc2n1C. The molecule has 6 nitrogen and oxygen atoms in total. The van der Waals surface area contributed by atoms with E-state index in [1.165, 1.54) is 0 Å². The molecule has 0 atom stereocenters. The highest BCUT2D eigenvalue weighted by Crippen LogP contribution is 2.26. The van der Waals surface area contributed by atoms with Crippen LogP contribution in [0.4, 0.5) is 0 Å². The number of carbonyl (C=O) groups is 2. The molecule has 0 spiro atoms. The molecule has 140 valence electrons. The Bertz CT molecular complexity index is 1020. The third kappa shape index (κ3) is 2.91. The van der Waals surface area contributed by atoms with E-state index in [2.05, 4.69) is 4.57 Å². The predicted molar refractivity (Wildman–Crippen MR) is 105 cm³/mol. The second kappa shape index (κ2) is 6.61. The molecule has 0 saturated carbocycles. The average molecular weight is 364 g/mol. The van der Waals surface area contributed by atoms with Gasteiger partial charge in [0.15, 0.2) is 0 Å². The second-order valence-electron chi connectivity index (χ2n) is 7.19. The van der Waals surface area contributed by atoms with Crippen LogP contribution in [0.25, 0.3) is 10.9 Å². The van der Waals surface area contributed by atoms with Crippen molar-refractivity contribution >= 4 is 22.7 Å². The maximum atomic E-state index is 13.2. The summed E-state index contributed by atoms with van der Waals surface area (Å²) in [4.78, 5) is 29.5. The molecule has 27 heavy (non-hydrogen) atoms. The lowest BCUT2D eigenvalue weighted by atomic mass is 10.1. The highest BCUT2D eigenvalue weighted by molar-refractivity contribution is 6.08. The topological polar surface area (TPSA) is 50.5 Å². The van der Waals surface area contributed by atoms with Gasteiger partial charge in [0.1, 0.15) is 0 Å². The Hall–Kier alpha value is -3.02. The van der Waals surface area contributed by atoms with Gasteiger partial charge in [0.25, 0.3) is 11.8 Å². The molecule has 1 aliphatic heterocycles. The van der Waals surface area contributed by atoms with Crippen molar-refractivity contribution < 1.29 is 9.59 Å². The fraction of sp³-hybridized carbons (Fsp3) is 0.333. The molecule has 2 amide bonds. The molecule has 0 bridgehead atoms. The number of rotatable bonds is 2. The van der Waals surface area contributed by atoms with E-state index < -0.39 is 0 Å². The van der Waals surface area contributed by atoms with E-state index in [-0.39, 0.29) is 11.8 Å². The molecule has 6 heteroatoms. The molecule has 1 saturated heterocycles. The molecule has 4 rings (SSSR count). The Morgan fingerprint density at radius 1 is 0.889 bits per heavy atom. The van der Waals surface area contributed by atoms with Crippen LogP contribution in [0.15, 0.2) is 42.7 Å². The molecule has 0 N–H and O–H groups in total. The van der Waals surface area contributed by atoms with Crippen LogP contribution < -0.4 is 0 Å². The summed E-state index contributed by atoms with van der Waals surface area (Å²) in [5.74, 6) is 0.0835. The number of aromatic nitrogens is 2. The van der Waals surface area contributed by atoms with E-state index in [9.17, 15) is 9.59 Å². The molecule has 0 aliphatic carbocycles. The van der Waals surface area contributed by atoms with Crippen LogP contribution in [0.3, 0.4) is 0 Å². The summed E-state index contributed by atoms with van der Waals surface area (Å²) in [7, 11) is 3.89. The van der Waals surface area contributed by atoms with Crippen molar-refractivity contribution in [2.75, 3.05) is 26.2 Å². The summed E-state index contributed by atoms with van der Waals surface area (Å²) >= 11 is 0. The van der Waals surface area contributed by atoms with Crippen LogP contribution in [0.1, 0.15) is 26.4 Å². The first kappa shape index (κ1) is 17.4. The first-order valence-corrected chi connectivity index (χ1v) is 9.22. The van der Waals surface area contributed by atoms with Gasteiger partial charge in [-0.1, -0.05) is 18.2 Å². The van der Waals surface area contributed by atoms with Gasteiger partial charge in [-0.05, 0) is 19.1 Å². The van der Waals surface area contributed by atoms with E-state index in [1.807, 2.05) is 78.1 Å².